The predicted octanol–water partition coefficient (Wildman–Crippen LogP) is 2.16. The molecule has 9 nitrogen and oxygen atoms in total. The van der Waals surface area contributed by atoms with Crippen LogP contribution < -0.4 is 16.0 Å². The highest BCUT2D eigenvalue weighted by Gasteiger charge is 2.42. The molecule has 3 amide bonds. The van der Waals surface area contributed by atoms with E-state index in [9.17, 15) is 9.59 Å². The van der Waals surface area contributed by atoms with Gasteiger partial charge < -0.3 is 34.7 Å². The Kier molecular flexibility index (Phi) is 12.6. The highest BCUT2D eigenvalue weighted by Crippen LogP contribution is 2.33. The van der Waals surface area contributed by atoms with Crippen molar-refractivity contribution in [2.45, 2.75) is 62.4 Å². The molecule has 1 aromatic heterocycles. The van der Waals surface area contributed by atoms with Crippen molar-refractivity contribution in [3.05, 3.63) is 24.5 Å². The minimum Gasteiger partial charge on any atom is -0.379 e. The van der Waals surface area contributed by atoms with E-state index in [1.807, 2.05) is 23.9 Å². The van der Waals surface area contributed by atoms with Crippen molar-refractivity contribution in [1.82, 2.24) is 20.5 Å². The highest BCUT2D eigenvalue weighted by molar-refractivity contribution is 8.00. The molecule has 2 saturated heterocycles. The van der Waals surface area contributed by atoms with E-state index in [2.05, 4.69) is 32.9 Å². The predicted molar refractivity (Wildman–Crippen MR) is 133 cm³/mol. The van der Waals surface area contributed by atoms with Crippen molar-refractivity contribution in [1.29, 1.82) is 0 Å². The molecule has 10 heteroatoms. The molecule has 2 aliphatic rings. The Labute approximate surface area is 207 Å². The summed E-state index contributed by atoms with van der Waals surface area (Å²) in [6, 6.07) is 4.52. The second-order valence-corrected chi connectivity index (χ2v) is 9.95. The minimum absolute atomic E-state index is 0.0450. The van der Waals surface area contributed by atoms with Crippen molar-refractivity contribution < 1.29 is 23.8 Å². The van der Waals surface area contributed by atoms with Crippen LogP contribution in [-0.4, -0.2) is 85.8 Å². The van der Waals surface area contributed by atoms with Gasteiger partial charge in [-0.15, -0.1) is 0 Å². The lowest BCUT2D eigenvalue weighted by atomic mass is 10.0. The van der Waals surface area contributed by atoms with Gasteiger partial charge in [-0.05, 0) is 37.8 Å². The second-order valence-electron chi connectivity index (χ2n) is 8.68. The van der Waals surface area contributed by atoms with E-state index < -0.39 is 0 Å². The topological polar surface area (TPSA) is 103 Å². The lowest BCUT2D eigenvalue weighted by Gasteiger charge is -2.16. The molecule has 2 fully saturated rings. The molecule has 0 aromatic carbocycles. The molecule has 34 heavy (non-hydrogen) atoms. The van der Waals surface area contributed by atoms with Gasteiger partial charge in [0, 0.05) is 56.1 Å². The maximum absolute atomic E-state index is 12.0. The van der Waals surface area contributed by atoms with Gasteiger partial charge in [0.2, 0.25) is 5.91 Å². The van der Waals surface area contributed by atoms with E-state index in [0.717, 1.165) is 51.0 Å². The molecule has 1 aromatic rings. The number of carbonyl (C=O) groups is 2. The first-order valence-corrected chi connectivity index (χ1v) is 13.6. The summed E-state index contributed by atoms with van der Waals surface area (Å²) in [5.41, 5.74) is 0. The summed E-state index contributed by atoms with van der Waals surface area (Å²) in [4.78, 5) is 23.4. The van der Waals surface area contributed by atoms with Crippen LogP contribution in [0.2, 0.25) is 0 Å². The first-order chi connectivity index (χ1) is 16.7. The zero-order valence-electron chi connectivity index (χ0n) is 20.0. The smallest absolute Gasteiger partial charge is 0.315 e. The van der Waals surface area contributed by atoms with Gasteiger partial charge in [0.15, 0.2) is 0 Å². The lowest BCUT2D eigenvalue weighted by Crippen LogP contribution is -2.36. The number of nitrogens with one attached hydrogen (secondary N) is 3. The standard InChI is InChI=1S/C24H40N4O5S/c29-22(8-2-1-7-21-23-20(19-34-21)26-24(30)27-23)25-9-5-13-31-15-17-33-18-16-32-14-6-12-28-10-3-4-11-28/h3-4,10-11,20-21,23H,1-2,5-9,12-19H2,(H,25,29)(H2,26,27,30)/t20-,21-,23-/m0/s1. The number of unbranched alkanes of at least 4 members (excludes halogenated alkanes) is 1. The molecule has 0 spiro atoms. The van der Waals surface area contributed by atoms with Crippen LogP contribution in [0.25, 0.3) is 0 Å². The number of carbonyl (C=O) groups excluding carboxylic acids is 2. The average Bonchev–Trinajstić information content (AvgIpc) is 3.55. The molecule has 2 aliphatic heterocycles. The van der Waals surface area contributed by atoms with Gasteiger partial charge in [0.25, 0.3) is 0 Å². The summed E-state index contributed by atoms with van der Waals surface area (Å²) in [6.07, 6.45) is 9.38. The van der Waals surface area contributed by atoms with E-state index in [4.69, 9.17) is 14.2 Å². The van der Waals surface area contributed by atoms with E-state index in [0.29, 0.717) is 51.2 Å². The van der Waals surface area contributed by atoms with Crippen molar-refractivity contribution in [2.24, 2.45) is 0 Å². The van der Waals surface area contributed by atoms with Crippen LogP contribution in [0.3, 0.4) is 0 Å². The minimum atomic E-state index is -0.0450. The number of rotatable bonds is 19. The average molecular weight is 497 g/mol. The molecule has 0 bridgehead atoms. The van der Waals surface area contributed by atoms with Crippen molar-refractivity contribution in [3.8, 4) is 0 Å². The lowest BCUT2D eigenvalue weighted by molar-refractivity contribution is -0.121. The maximum Gasteiger partial charge on any atom is 0.315 e. The number of fused-ring (bicyclic) bond motifs is 1. The van der Waals surface area contributed by atoms with Crippen LogP contribution in [0.4, 0.5) is 4.79 Å². The monoisotopic (exact) mass is 496 g/mol. The van der Waals surface area contributed by atoms with Crippen LogP contribution in [0.15, 0.2) is 24.5 Å². The molecule has 3 rings (SSSR count). The van der Waals surface area contributed by atoms with Crippen molar-refractivity contribution in [3.63, 3.8) is 0 Å². The van der Waals surface area contributed by atoms with E-state index >= 15 is 0 Å². The number of aromatic nitrogens is 1. The Balaban J connectivity index is 1.02. The summed E-state index contributed by atoms with van der Waals surface area (Å²) >= 11 is 1.92. The van der Waals surface area contributed by atoms with Crippen molar-refractivity contribution >= 4 is 23.7 Å². The Morgan fingerprint density at radius 1 is 0.971 bits per heavy atom. The first-order valence-electron chi connectivity index (χ1n) is 12.5. The number of ether oxygens (including phenoxy) is 3. The summed E-state index contributed by atoms with van der Waals surface area (Å²) in [7, 11) is 0. The molecule has 192 valence electrons. The zero-order chi connectivity index (χ0) is 23.8. The molecular weight excluding hydrogens is 456 g/mol. The summed E-state index contributed by atoms with van der Waals surface area (Å²) in [6.45, 7) is 5.25. The fourth-order valence-corrected chi connectivity index (χ4v) is 5.72. The normalized spacial score (nSPS) is 21.3. The maximum atomic E-state index is 12.0. The third-order valence-electron chi connectivity index (χ3n) is 5.98. The van der Waals surface area contributed by atoms with Gasteiger partial charge >= 0.3 is 6.03 Å². The third kappa shape index (κ3) is 10.2. The number of urea groups is 1. The van der Waals surface area contributed by atoms with Crippen LogP contribution in [-0.2, 0) is 25.5 Å². The first kappa shape index (κ1) is 26.8. The Bertz CT molecular complexity index is 706. The van der Waals surface area contributed by atoms with Gasteiger partial charge in [-0.25, -0.2) is 4.79 Å². The fraction of sp³-hybridized carbons (Fsp3) is 0.750. The van der Waals surface area contributed by atoms with Gasteiger partial charge in [-0.2, -0.15) is 11.8 Å². The van der Waals surface area contributed by atoms with Crippen LogP contribution in [0.1, 0.15) is 38.5 Å². The van der Waals surface area contributed by atoms with Crippen LogP contribution in [0.5, 0.6) is 0 Å². The number of hydrogen-bond donors (Lipinski definition) is 3. The number of amides is 3. The SMILES string of the molecule is O=C(CCCC[C@@H]1SC[C@@H]2NC(=O)N[C@@H]21)NCCCOCCOCCOCCCn1cccc1. The van der Waals surface area contributed by atoms with Gasteiger partial charge in [-0.3, -0.25) is 4.79 Å². The molecule has 3 atom stereocenters. The summed E-state index contributed by atoms with van der Waals surface area (Å²) < 4.78 is 18.7. The quantitative estimate of drug-likeness (QED) is 0.200. The Morgan fingerprint density at radius 2 is 1.68 bits per heavy atom. The van der Waals surface area contributed by atoms with Gasteiger partial charge in [0.05, 0.1) is 38.5 Å². The Hall–Kier alpha value is -1.75. The van der Waals surface area contributed by atoms with E-state index in [1.54, 1.807) is 0 Å². The molecule has 0 aliphatic carbocycles. The fourth-order valence-electron chi connectivity index (χ4n) is 4.17. The number of thioether (sulfide) groups is 1. The van der Waals surface area contributed by atoms with E-state index in [-0.39, 0.29) is 24.0 Å². The number of hydrogen-bond acceptors (Lipinski definition) is 6. The number of nitrogens with zero attached hydrogens (tertiary/aromatic N) is 1. The second kappa shape index (κ2) is 16.0. The van der Waals surface area contributed by atoms with Crippen molar-refractivity contribution in [2.75, 3.05) is 51.9 Å². The third-order valence-corrected chi connectivity index (χ3v) is 7.49. The molecule has 0 saturated carbocycles. The molecule has 0 radical (unpaired) electrons. The number of aryl methyl sites for hydroxylation is 1. The summed E-state index contributed by atoms with van der Waals surface area (Å²) in [5.74, 6) is 1.08. The zero-order valence-corrected chi connectivity index (χ0v) is 20.9. The summed E-state index contributed by atoms with van der Waals surface area (Å²) in [5, 5.41) is 9.39. The van der Waals surface area contributed by atoms with Crippen LogP contribution in [0, 0.1) is 0 Å². The van der Waals surface area contributed by atoms with E-state index in [1.165, 1.54) is 0 Å². The van der Waals surface area contributed by atoms with Gasteiger partial charge in [0.1, 0.15) is 0 Å². The molecular formula is C24H40N4O5S. The van der Waals surface area contributed by atoms with Gasteiger partial charge in [-0.1, -0.05) is 6.42 Å². The Morgan fingerprint density at radius 3 is 2.44 bits per heavy atom. The molecule has 3 heterocycles. The largest absolute Gasteiger partial charge is 0.379 e. The molecule has 3 N–H and O–H groups in total. The highest BCUT2D eigenvalue weighted by atomic mass is 32.2. The van der Waals surface area contributed by atoms with Crippen LogP contribution >= 0.6 is 11.8 Å². The molecule has 0 unspecified atom stereocenters.